The number of nitrogens with zero attached hydrogens (tertiary/aromatic N) is 4. The molecule has 8 nitrogen and oxygen atoms in total. The maximum Gasteiger partial charge on any atom is 0.239 e. The summed E-state index contributed by atoms with van der Waals surface area (Å²) in [7, 11) is 0. The van der Waals surface area contributed by atoms with Crippen LogP contribution in [0.1, 0.15) is 30.1 Å². The van der Waals surface area contributed by atoms with Crippen molar-refractivity contribution in [1.82, 2.24) is 30.3 Å². The van der Waals surface area contributed by atoms with E-state index < -0.39 is 0 Å². The summed E-state index contributed by atoms with van der Waals surface area (Å²) in [5.41, 5.74) is 7.52. The molecule has 0 bridgehead atoms. The van der Waals surface area contributed by atoms with E-state index in [9.17, 15) is 4.79 Å². The summed E-state index contributed by atoms with van der Waals surface area (Å²) in [5.74, 6) is 0.931. The maximum absolute atomic E-state index is 11.7. The van der Waals surface area contributed by atoms with Gasteiger partial charge in [-0.1, -0.05) is 0 Å². The summed E-state index contributed by atoms with van der Waals surface area (Å²) < 4.78 is 1.93. The Balaban J connectivity index is 1.62. The van der Waals surface area contributed by atoms with Gasteiger partial charge in [-0.2, -0.15) is 10.1 Å². The second kappa shape index (κ2) is 6.87. The molecule has 21 heavy (non-hydrogen) atoms. The molecule has 0 atom stereocenters. The Bertz CT molecular complexity index is 601. The Morgan fingerprint density at radius 1 is 1.48 bits per heavy atom. The van der Waals surface area contributed by atoms with Crippen molar-refractivity contribution in [2.24, 2.45) is 0 Å². The molecule has 2 aromatic rings. The highest BCUT2D eigenvalue weighted by molar-refractivity contribution is 5.75. The maximum atomic E-state index is 11.7. The lowest BCUT2D eigenvalue weighted by molar-refractivity contribution is -0.121. The van der Waals surface area contributed by atoms with Crippen LogP contribution in [0, 0.1) is 13.8 Å². The minimum Gasteiger partial charge on any atom is -0.367 e. The lowest BCUT2D eigenvalue weighted by Gasteiger charge is -2.05. The standard InChI is InChI=1S/C13H21N7O/c1-9-8-10(2)20(19-9)7-3-4-12(21)15-6-5-11-16-13(14)18-17-11/h8H,3-7H2,1-2H3,(H,15,21)(H3,14,16,17,18). The van der Waals surface area contributed by atoms with E-state index in [0.29, 0.717) is 25.2 Å². The van der Waals surface area contributed by atoms with Crippen LogP contribution in [0.5, 0.6) is 0 Å². The third-order valence-electron chi connectivity index (χ3n) is 3.11. The van der Waals surface area contributed by atoms with Gasteiger partial charge < -0.3 is 11.1 Å². The number of carbonyl (C=O) groups is 1. The summed E-state index contributed by atoms with van der Waals surface area (Å²) in [4.78, 5) is 15.7. The molecule has 0 radical (unpaired) electrons. The number of nitrogens with two attached hydrogens (primary N) is 1. The van der Waals surface area contributed by atoms with E-state index in [4.69, 9.17) is 5.73 Å². The second-order valence-electron chi connectivity index (χ2n) is 4.99. The zero-order chi connectivity index (χ0) is 15.2. The largest absolute Gasteiger partial charge is 0.367 e. The van der Waals surface area contributed by atoms with Gasteiger partial charge in [0.2, 0.25) is 11.9 Å². The van der Waals surface area contributed by atoms with Gasteiger partial charge in [0, 0.05) is 31.6 Å². The van der Waals surface area contributed by atoms with Crippen LogP contribution in [0.15, 0.2) is 6.07 Å². The molecule has 2 aromatic heterocycles. The van der Waals surface area contributed by atoms with Gasteiger partial charge in [0.05, 0.1) is 5.69 Å². The van der Waals surface area contributed by atoms with Crippen molar-refractivity contribution >= 4 is 11.9 Å². The van der Waals surface area contributed by atoms with E-state index in [2.05, 4.69) is 25.6 Å². The summed E-state index contributed by atoms with van der Waals surface area (Å²) in [6.07, 6.45) is 1.84. The number of aromatic amines is 1. The van der Waals surface area contributed by atoms with Gasteiger partial charge in [-0.25, -0.2) is 0 Å². The Kier molecular flexibility index (Phi) is 4.91. The fourth-order valence-corrected chi connectivity index (χ4v) is 2.12. The van der Waals surface area contributed by atoms with Gasteiger partial charge >= 0.3 is 0 Å². The van der Waals surface area contributed by atoms with Crippen LogP contribution in [0.3, 0.4) is 0 Å². The van der Waals surface area contributed by atoms with E-state index in [-0.39, 0.29) is 11.9 Å². The van der Waals surface area contributed by atoms with Crippen molar-refractivity contribution < 1.29 is 4.79 Å². The second-order valence-corrected chi connectivity index (χ2v) is 4.99. The van der Waals surface area contributed by atoms with Crippen LogP contribution in [0.2, 0.25) is 0 Å². The number of rotatable bonds is 7. The molecule has 0 spiro atoms. The van der Waals surface area contributed by atoms with E-state index in [1.807, 2.05) is 24.6 Å². The third-order valence-corrected chi connectivity index (χ3v) is 3.11. The summed E-state index contributed by atoms with van der Waals surface area (Å²) in [5, 5.41) is 13.6. The molecule has 0 unspecified atom stereocenters. The SMILES string of the molecule is Cc1cc(C)n(CCCC(=O)NCCc2nc(N)n[nH]2)n1. The average Bonchev–Trinajstić information content (AvgIpc) is 2.96. The first-order valence-corrected chi connectivity index (χ1v) is 6.99. The predicted octanol–water partition coefficient (Wildman–Crippen LogP) is 0.339. The highest BCUT2D eigenvalue weighted by Crippen LogP contribution is 2.03. The van der Waals surface area contributed by atoms with Crippen LogP contribution in [0.25, 0.3) is 0 Å². The van der Waals surface area contributed by atoms with Crippen molar-refractivity contribution in [3.63, 3.8) is 0 Å². The van der Waals surface area contributed by atoms with E-state index in [1.54, 1.807) is 0 Å². The van der Waals surface area contributed by atoms with E-state index in [1.165, 1.54) is 0 Å². The molecule has 0 aliphatic carbocycles. The predicted molar refractivity (Wildman–Crippen MR) is 78.4 cm³/mol. The van der Waals surface area contributed by atoms with Crippen molar-refractivity contribution in [3.05, 3.63) is 23.3 Å². The summed E-state index contributed by atoms with van der Waals surface area (Å²) >= 11 is 0. The fourth-order valence-electron chi connectivity index (χ4n) is 2.12. The van der Waals surface area contributed by atoms with Gasteiger partial charge in [-0.05, 0) is 26.3 Å². The third kappa shape index (κ3) is 4.59. The molecule has 0 saturated heterocycles. The number of hydrogen-bond donors (Lipinski definition) is 3. The van der Waals surface area contributed by atoms with Crippen molar-refractivity contribution in [3.8, 4) is 0 Å². The summed E-state index contributed by atoms with van der Waals surface area (Å²) in [6.45, 7) is 5.26. The number of hydrogen-bond acceptors (Lipinski definition) is 5. The van der Waals surface area contributed by atoms with Gasteiger partial charge in [-0.15, -0.1) is 5.10 Å². The molecule has 1 amide bonds. The number of nitrogens with one attached hydrogen (secondary N) is 2. The van der Waals surface area contributed by atoms with Gasteiger partial charge in [-0.3, -0.25) is 14.6 Å². The van der Waals surface area contributed by atoms with Gasteiger partial charge in [0.15, 0.2) is 0 Å². The Hall–Kier alpha value is -2.38. The number of aromatic nitrogens is 5. The monoisotopic (exact) mass is 291 g/mol. The molecule has 0 aliphatic rings. The molecule has 0 fully saturated rings. The first-order valence-electron chi connectivity index (χ1n) is 6.99. The van der Waals surface area contributed by atoms with Gasteiger partial charge in [0.25, 0.3) is 0 Å². The quantitative estimate of drug-likeness (QED) is 0.680. The average molecular weight is 291 g/mol. The first kappa shape index (κ1) is 15.0. The Morgan fingerprint density at radius 2 is 2.29 bits per heavy atom. The lowest BCUT2D eigenvalue weighted by atomic mass is 10.3. The number of anilines is 1. The molecule has 2 heterocycles. The molecule has 114 valence electrons. The Labute approximate surface area is 123 Å². The minimum atomic E-state index is 0.0315. The van der Waals surface area contributed by atoms with Crippen molar-refractivity contribution in [2.45, 2.75) is 39.7 Å². The molecule has 0 aromatic carbocycles. The molecule has 4 N–H and O–H groups in total. The van der Waals surface area contributed by atoms with Crippen molar-refractivity contribution in [1.29, 1.82) is 0 Å². The normalized spacial score (nSPS) is 10.8. The molecular formula is C13H21N7O. The number of H-pyrrole nitrogens is 1. The summed E-state index contributed by atoms with van der Waals surface area (Å²) in [6, 6.07) is 2.03. The van der Waals surface area contributed by atoms with E-state index >= 15 is 0 Å². The van der Waals surface area contributed by atoms with Crippen LogP contribution in [0.4, 0.5) is 5.95 Å². The number of nitrogen functional groups attached to an aromatic ring is 1. The molecule has 0 aliphatic heterocycles. The highest BCUT2D eigenvalue weighted by Gasteiger charge is 2.05. The van der Waals surface area contributed by atoms with Crippen molar-refractivity contribution in [2.75, 3.05) is 12.3 Å². The first-order chi connectivity index (χ1) is 10.0. The van der Waals surface area contributed by atoms with Gasteiger partial charge in [0.1, 0.15) is 5.82 Å². The molecule has 2 rings (SSSR count). The Morgan fingerprint density at radius 3 is 2.90 bits per heavy atom. The van der Waals surface area contributed by atoms with Crippen LogP contribution >= 0.6 is 0 Å². The minimum absolute atomic E-state index is 0.0315. The molecule has 8 heteroatoms. The zero-order valence-electron chi connectivity index (χ0n) is 12.4. The number of aryl methyl sites for hydroxylation is 3. The fraction of sp³-hybridized carbons (Fsp3) is 0.538. The smallest absolute Gasteiger partial charge is 0.239 e. The molecule has 0 saturated carbocycles. The lowest BCUT2D eigenvalue weighted by Crippen LogP contribution is -2.26. The highest BCUT2D eigenvalue weighted by atomic mass is 16.1. The molecular weight excluding hydrogens is 270 g/mol. The van der Waals surface area contributed by atoms with Crippen LogP contribution < -0.4 is 11.1 Å². The van der Waals surface area contributed by atoms with E-state index in [0.717, 1.165) is 24.4 Å². The number of carbonyl (C=O) groups excluding carboxylic acids is 1. The topological polar surface area (TPSA) is 115 Å². The van der Waals surface area contributed by atoms with Crippen LogP contribution in [-0.4, -0.2) is 37.4 Å². The van der Waals surface area contributed by atoms with Crippen LogP contribution in [-0.2, 0) is 17.8 Å². The number of amides is 1. The zero-order valence-corrected chi connectivity index (χ0v) is 12.4.